The normalized spacial score (nSPS) is 10.7. The number of fused-ring (bicyclic) bond motifs is 1. The lowest BCUT2D eigenvalue weighted by Gasteiger charge is -2.13. The van der Waals surface area contributed by atoms with Gasteiger partial charge in [-0.25, -0.2) is 9.78 Å². The van der Waals surface area contributed by atoms with Gasteiger partial charge in [-0.1, -0.05) is 23.8 Å². The Kier molecular flexibility index (Phi) is 5.58. The third-order valence-corrected chi connectivity index (χ3v) is 5.10. The summed E-state index contributed by atoms with van der Waals surface area (Å²) in [6.45, 7) is 4.00. The highest BCUT2D eigenvalue weighted by atomic mass is 16.5. The number of carbonyl (C=O) groups excluding carboxylic acids is 1. The van der Waals surface area contributed by atoms with Gasteiger partial charge in [-0.05, 0) is 67.9 Å². The first kappa shape index (κ1) is 20.4. The van der Waals surface area contributed by atoms with Gasteiger partial charge in [0.05, 0.1) is 31.0 Å². The number of nitrogens with zero attached hydrogens (tertiary/aromatic N) is 1. The molecule has 0 atom stereocenters. The molecule has 0 amide bonds. The number of benzene rings is 3. The van der Waals surface area contributed by atoms with Crippen LogP contribution in [0, 0.1) is 13.8 Å². The van der Waals surface area contributed by atoms with E-state index in [0.29, 0.717) is 22.8 Å². The van der Waals surface area contributed by atoms with Crippen molar-refractivity contribution in [3.05, 3.63) is 83.4 Å². The van der Waals surface area contributed by atoms with Crippen LogP contribution in [-0.2, 0) is 0 Å². The average Bonchev–Trinajstić information content (AvgIpc) is 2.79. The molecule has 4 rings (SSSR count). The fraction of sp³-hybridized carbons (Fsp3) is 0.154. The van der Waals surface area contributed by atoms with Gasteiger partial charge in [0.15, 0.2) is 0 Å². The Morgan fingerprint density at radius 1 is 0.806 bits per heavy atom. The molecule has 0 aliphatic carbocycles. The number of aromatic nitrogens is 1. The van der Waals surface area contributed by atoms with Gasteiger partial charge in [-0.3, -0.25) is 0 Å². The van der Waals surface area contributed by atoms with Gasteiger partial charge >= 0.3 is 5.97 Å². The standard InChI is InChI=1S/C26H23NO4/c1-16-12-17(2)25-22(13-16)23(26(28)31-20-10-8-19(29-3)9-11-20)15-24(27-25)18-6-5-7-21(14-18)30-4/h5-15H,1-4H3. The van der Waals surface area contributed by atoms with Crippen molar-refractivity contribution < 1.29 is 19.0 Å². The summed E-state index contributed by atoms with van der Waals surface area (Å²) in [5, 5.41) is 0.766. The van der Waals surface area contributed by atoms with Gasteiger partial charge in [0.25, 0.3) is 0 Å². The van der Waals surface area contributed by atoms with E-state index in [-0.39, 0.29) is 0 Å². The van der Waals surface area contributed by atoms with Crippen molar-refractivity contribution >= 4 is 16.9 Å². The van der Waals surface area contributed by atoms with Gasteiger partial charge in [-0.15, -0.1) is 0 Å². The van der Waals surface area contributed by atoms with Crippen molar-refractivity contribution in [3.63, 3.8) is 0 Å². The van der Waals surface area contributed by atoms with E-state index in [2.05, 4.69) is 6.07 Å². The third-order valence-electron chi connectivity index (χ3n) is 5.10. The zero-order chi connectivity index (χ0) is 22.0. The van der Waals surface area contributed by atoms with E-state index < -0.39 is 5.97 Å². The van der Waals surface area contributed by atoms with Gasteiger partial charge in [0.1, 0.15) is 17.2 Å². The molecule has 0 aliphatic rings. The second-order valence-corrected chi connectivity index (χ2v) is 7.33. The maximum atomic E-state index is 13.2. The molecule has 1 aromatic heterocycles. The van der Waals surface area contributed by atoms with Crippen LogP contribution in [0.2, 0.25) is 0 Å². The van der Waals surface area contributed by atoms with E-state index in [1.54, 1.807) is 44.6 Å². The molecule has 4 aromatic rings. The lowest BCUT2D eigenvalue weighted by atomic mass is 9.99. The van der Waals surface area contributed by atoms with Crippen molar-refractivity contribution in [3.8, 4) is 28.5 Å². The Morgan fingerprint density at radius 2 is 1.52 bits per heavy atom. The highest BCUT2D eigenvalue weighted by Crippen LogP contribution is 2.30. The highest BCUT2D eigenvalue weighted by molar-refractivity contribution is 6.06. The first-order valence-electron chi connectivity index (χ1n) is 9.91. The monoisotopic (exact) mass is 413 g/mol. The Labute approximate surface area is 181 Å². The van der Waals surface area contributed by atoms with E-state index in [9.17, 15) is 4.79 Å². The molecule has 0 fully saturated rings. The number of esters is 1. The molecule has 3 aromatic carbocycles. The molecular formula is C26H23NO4. The van der Waals surface area contributed by atoms with Crippen molar-refractivity contribution in [1.29, 1.82) is 0 Å². The number of rotatable bonds is 5. The minimum atomic E-state index is -0.438. The topological polar surface area (TPSA) is 57.7 Å². The van der Waals surface area contributed by atoms with Gasteiger partial charge in [-0.2, -0.15) is 0 Å². The zero-order valence-corrected chi connectivity index (χ0v) is 17.9. The van der Waals surface area contributed by atoms with E-state index >= 15 is 0 Å². The smallest absolute Gasteiger partial charge is 0.344 e. The molecule has 5 nitrogen and oxygen atoms in total. The first-order valence-corrected chi connectivity index (χ1v) is 9.91. The molecule has 0 bridgehead atoms. The van der Waals surface area contributed by atoms with Gasteiger partial charge < -0.3 is 14.2 Å². The Balaban J connectivity index is 1.84. The van der Waals surface area contributed by atoms with E-state index in [0.717, 1.165) is 33.3 Å². The molecule has 156 valence electrons. The summed E-state index contributed by atoms with van der Waals surface area (Å²) in [5.74, 6) is 1.43. The number of hydrogen-bond donors (Lipinski definition) is 0. The number of aryl methyl sites for hydroxylation is 2. The largest absolute Gasteiger partial charge is 0.497 e. The predicted octanol–water partition coefficient (Wildman–Crippen LogP) is 5.76. The minimum absolute atomic E-state index is 0.438. The minimum Gasteiger partial charge on any atom is -0.497 e. The summed E-state index contributed by atoms with van der Waals surface area (Å²) >= 11 is 0. The maximum Gasteiger partial charge on any atom is 0.344 e. The molecule has 0 N–H and O–H groups in total. The van der Waals surface area contributed by atoms with Crippen LogP contribution in [0.5, 0.6) is 17.2 Å². The van der Waals surface area contributed by atoms with E-state index in [1.807, 2.05) is 44.2 Å². The molecule has 5 heteroatoms. The van der Waals surface area contributed by atoms with Crippen molar-refractivity contribution in [2.24, 2.45) is 0 Å². The number of methoxy groups -OCH3 is 2. The van der Waals surface area contributed by atoms with Crippen LogP contribution >= 0.6 is 0 Å². The highest BCUT2D eigenvalue weighted by Gasteiger charge is 2.18. The zero-order valence-electron chi connectivity index (χ0n) is 17.9. The van der Waals surface area contributed by atoms with Crippen LogP contribution in [0.1, 0.15) is 21.5 Å². The Bertz CT molecular complexity index is 1260. The third kappa shape index (κ3) is 4.21. The second-order valence-electron chi connectivity index (χ2n) is 7.33. The summed E-state index contributed by atoms with van der Waals surface area (Å²) < 4.78 is 16.2. The van der Waals surface area contributed by atoms with E-state index in [4.69, 9.17) is 19.2 Å². The molecule has 1 heterocycles. The van der Waals surface area contributed by atoms with Crippen molar-refractivity contribution in [1.82, 2.24) is 4.98 Å². The summed E-state index contributed by atoms with van der Waals surface area (Å²) in [5.41, 5.74) is 4.83. The predicted molar refractivity (Wildman–Crippen MR) is 121 cm³/mol. The quantitative estimate of drug-likeness (QED) is 0.308. The molecule has 0 spiro atoms. The fourth-order valence-corrected chi connectivity index (χ4v) is 3.59. The van der Waals surface area contributed by atoms with E-state index in [1.165, 1.54) is 0 Å². The Hall–Kier alpha value is -3.86. The molecular weight excluding hydrogens is 390 g/mol. The molecule has 31 heavy (non-hydrogen) atoms. The molecule has 0 aliphatic heterocycles. The van der Waals surface area contributed by atoms with Crippen LogP contribution in [0.25, 0.3) is 22.2 Å². The lowest BCUT2D eigenvalue weighted by molar-refractivity contribution is 0.0736. The summed E-state index contributed by atoms with van der Waals surface area (Å²) in [6.07, 6.45) is 0. The lowest BCUT2D eigenvalue weighted by Crippen LogP contribution is -2.10. The summed E-state index contributed by atoms with van der Waals surface area (Å²) in [7, 11) is 3.21. The number of hydrogen-bond acceptors (Lipinski definition) is 5. The van der Waals surface area contributed by atoms with Gasteiger partial charge in [0, 0.05) is 10.9 Å². The fourth-order valence-electron chi connectivity index (χ4n) is 3.59. The van der Waals surface area contributed by atoms with Crippen molar-refractivity contribution in [2.75, 3.05) is 14.2 Å². The van der Waals surface area contributed by atoms with Crippen LogP contribution < -0.4 is 14.2 Å². The molecule has 0 saturated carbocycles. The SMILES string of the molecule is COc1ccc(OC(=O)c2cc(-c3cccc(OC)c3)nc3c(C)cc(C)cc23)cc1. The van der Waals surface area contributed by atoms with Gasteiger partial charge in [0.2, 0.25) is 0 Å². The van der Waals surface area contributed by atoms with Crippen LogP contribution in [0.3, 0.4) is 0 Å². The van der Waals surface area contributed by atoms with Crippen LogP contribution in [0.15, 0.2) is 66.7 Å². The number of pyridine rings is 1. The van der Waals surface area contributed by atoms with Crippen LogP contribution in [0.4, 0.5) is 0 Å². The number of carbonyl (C=O) groups is 1. The summed E-state index contributed by atoms with van der Waals surface area (Å²) in [6, 6.07) is 20.3. The Morgan fingerprint density at radius 3 is 2.23 bits per heavy atom. The second kappa shape index (κ2) is 8.48. The molecule has 0 unspecified atom stereocenters. The first-order chi connectivity index (χ1) is 15.0. The molecule has 0 saturated heterocycles. The van der Waals surface area contributed by atoms with Crippen LogP contribution in [-0.4, -0.2) is 25.2 Å². The average molecular weight is 413 g/mol. The molecule has 0 radical (unpaired) electrons. The maximum absolute atomic E-state index is 13.2. The number of ether oxygens (including phenoxy) is 3. The van der Waals surface area contributed by atoms with Crippen molar-refractivity contribution in [2.45, 2.75) is 13.8 Å². The summed E-state index contributed by atoms with van der Waals surface area (Å²) in [4.78, 5) is 18.1.